The summed E-state index contributed by atoms with van der Waals surface area (Å²) in [6, 6.07) is 0. The molecular formula is C7H14N2. The third-order valence-corrected chi connectivity index (χ3v) is 1.30. The summed E-state index contributed by atoms with van der Waals surface area (Å²) in [7, 11) is 1.71. The van der Waals surface area contributed by atoms with Crippen molar-refractivity contribution in [3.8, 4) is 0 Å². The average molecular weight is 126 g/mol. The molecule has 0 atom stereocenters. The highest BCUT2D eigenvalue weighted by Crippen LogP contribution is 1.95. The van der Waals surface area contributed by atoms with E-state index in [0.29, 0.717) is 11.6 Å². The van der Waals surface area contributed by atoms with Crippen molar-refractivity contribution in [2.75, 3.05) is 7.05 Å². The van der Waals surface area contributed by atoms with E-state index in [2.05, 4.69) is 4.99 Å². The van der Waals surface area contributed by atoms with Gasteiger partial charge >= 0.3 is 0 Å². The summed E-state index contributed by atoms with van der Waals surface area (Å²) in [6.45, 7) is 5.86. The summed E-state index contributed by atoms with van der Waals surface area (Å²) < 4.78 is 0. The lowest BCUT2D eigenvalue weighted by molar-refractivity contribution is 0.886. The SMILES string of the molecule is C/N=C(/C)C(=N)C(C)C. The van der Waals surface area contributed by atoms with E-state index in [0.717, 1.165) is 5.71 Å². The third-order valence-electron chi connectivity index (χ3n) is 1.30. The quantitative estimate of drug-likeness (QED) is 0.547. The molecule has 2 heteroatoms. The first-order valence-electron chi connectivity index (χ1n) is 3.11. The Labute approximate surface area is 56.5 Å². The lowest BCUT2D eigenvalue weighted by Crippen LogP contribution is -2.15. The minimum absolute atomic E-state index is 0.300. The Hall–Kier alpha value is -0.660. The zero-order valence-electron chi connectivity index (χ0n) is 6.52. The fourth-order valence-electron chi connectivity index (χ4n) is 0.538. The third kappa shape index (κ3) is 2.40. The van der Waals surface area contributed by atoms with E-state index in [1.807, 2.05) is 20.8 Å². The summed E-state index contributed by atoms with van der Waals surface area (Å²) in [4.78, 5) is 3.90. The molecule has 0 aliphatic rings. The molecule has 2 nitrogen and oxygen atoms in total. The van der Waals surface area contributed by atoms with Crippen molar-refractivity contribution in [1.29, 1.82) is 5.41 Å². The predicted molar refractivity (Wildman–Crippen MR) is 41.6 cm³/mol. The molecule has 9 heavy (non-hydrogen) atoms. The van der Waals surface area contributed by atoms with Crippen LogP contribution in [0, 0.1) is 11.3 Å². The van der Waals surface area contributed by atoms with Crippen molar-refractivity contribution in [3.05, 3.63) is 0 Å². The van der Waals surface area contributed by atoms with Gasteiger partial charge in [0.05, 0.1) is 11.4 Å². The van der Waals surface area contributed by atoms with Gasteiger partial charge in [0.15, 0.2) is 0 Å². The molecule has 0 aromatic heterocycles. The smallest absolute Gasteiger partial charge is 0.0546 e. The van der Waals surface area contributed by atoms with Gasteiger partial charge in [0.1, 0.15) is 0 Å². The van der Waals surface area contributed by atoms with E-state index < -0.39 is 0 Å². The Balaban J connectivity index is 4.06. The molecule has 0 saturated heterocycles. The van der Waals surface area contributed by atoms with Crippen LogP contribution in [0.5, 0.6) is 0 Å². The maximum Gasteiger partial charge on any atom is 0.0546 e. The van der Waals surface area contributed by atoms with Crippen molar-refractivity contribution in [2.24, 2.45) is 10.9 Å². The Morgan fingerprint density at radius 1 is 1.44 bits per heavy atom. The summed E-state index contributed by atoms with van der Waals surface area (Å²) >= 11 is 0. The minimum atomic E-state index is 0.300. The van der Waals surface area contributed by atoms with Gasteiger partial charge in [-0.15, -0.1) is 0 Å². The number of hydrogen-bond donors (Lipinski definition) is 1. The molecule has 0 aromatic rings. The first-order chi connectivity index (χ1) is 4.09. The zero-order chi connectivity index (χ0) is 7.44. The topological polar surface area (TPSA) is 36.2 Å². The molecule has 1 N–H and O–H groups in total. The van der Waals surface area contributed by atoms with Gasteiger partial charge in [-0.05, 0) is 12.8 Å². The monoisotopic (exact) mass is 126 g/mol. The molecule has 0 aromatic carbocycles. The first-order valence-corrected chi connectivity index (χ1v) is 3.11. The van der Waals surface area contributed by atoms with Crippen LogP contribution in [0.25, 0.3) is 0 Å². The second-order valence-electron chi connectivity index (χ2n) is 2.38. The largest absolute Gasteiger partial charge is 0.303 e. The van der Waals surface area contributed by atoms with Crippen molar-refractivity contribution in [1.82, 2.24) is 0 Å². The van der Waals surface area contributed by atoms with Gasteiger partial charge in [0.25, 0.3) is 0 Å². The lowest BCUT2D eigenvalue weighted by atomic mass is 10.1. The van der Waals surface area contributed by atoms with Crippen LogP contribution in [0.2, 0.25) is 0 Å². The second-order valence-corrected chi connectivity index (χ2v) is 2.38. The van der Waals surface area contributed by atoms with Crippen LogP contribution in [-0.4, -0.2) is 18.5 Å². The van der Waals surface area contributed by atoms with Crippen molar-refractivity contribution in [2.45, 2.75) is 20.8 Å². The fraction of sp³-hybridized carbons (Fsp3) is 0.714. The number of nitrogens with one attached hydrogen (secondary N) is 1. The average Bonchev–Trinajstić information content (AvgIpc) is 1.84. The van der Waals surface area contributed by atoms with E-state index in [4.69, 9.17) is 5.41 Å². The Morgan fingerprint density at radius 2 is 1.89 bits per heavy atom. The van der Waals surface area contributed by atoms with E-state index in [1.54, 1.807) is 7.05 Å². The van der Waals surface area contributed by atoms with Crippen molar-refractivity contribution in [3.63, 3.8) is 0 Å². The summed E-state index contributed by atoms with van der Waals surface area (Å²) in [5.74, 6) is 0.300. The summed E-state index contributed by atoms with van der Waals surface area (Å²) in [5.41, 5.74) is 1.47. The van der Waals surface area contributed by atoms with Crippen molar-refractivity contribution >= 4 is 11.4 Å². The normalized spacial score (nSPS) is 12.3. The van der Waals surface area contributed by atoms with E-state index in [9.17, 15) is 0 Å². The number of nitrogens with zero attached hydrogens (tertiary/aromatic N) is 1. The molecule has 0 unspecified atom stereocenters. The van der Waals surface area contributed by atoms with Gasteiger partial charge in [0, 0.05) is 7.05 Å². The highest BCUT2D eigenvalue weighted by Gasteiger charge is 2.03. The van der Waals surface area contributed by atoms with Gasteiger partial charge in [-0.25, -0.2) is 0 Å². The van der Waals surface area contributed by atoms with Crippen molar-refractivity contribution < 1.29 is 0 Å². The predicted octanol–water partition coefficient (Wildman–Crippen LogP) is 1.75. The van der Waals surface area contributed by atoms with Crippen LogP contribution in [0.1, 0.15) is 20.8 Å². The lowest BCUT2D eigenvalue weighted by Gasteiger charge is -2.04. The molecule has 0 aliphatic carbocycles. The van der Waals surface area contributed by atoms with E-state index in [-0.39, 0.29) is 0 Å². The molecule has 0 spiro atoms. The van der Waals surface area contributed by atoms with Crippen LogP contribution in [-0.2, 0) is 0 Å². The van der Waals surface area contributed by atoms with Crippen LogP contribution < -0.4 is 0 Å². The zero-order valence-corrected chi connectivity index (χ0v) is 6.52. The van der Waals surface area contributed by atoms with Crippen LogP contribution in [0.3, 0.4) is 0 Å². The highest BCUT2D eigenvalue weighted by atomic mass is 14.7. The standard InChI is InChI=1S/C7H14N2/c1-5(2)7(8)6(3)9-4/h5,8H,1-4H3/b8-7?,9-6-. The fourth-order valence-corrected chi connectivity index (χ4v) is 0.538. The molecule has 0 rings (SSSR count). The molecule has 0 heterocycles. The molecule has 0 bridgehead atoms. The molecular weight excluding hydrogens is 112 g/mol. The Bertz CT molecular complexity index is 134. The van der Waals surface area contributed by atoms with Gasteiger partial charge in [-0.3, -0.25) is 4.99 Å². The van der Waals surface area contributed by atoms with Gasteiger partial charge in [-0.2, -0.15) is 0 Å². The molecule has 0 aliphatic heterocycles. The Kier molecular flexibility index (Phi) is 3.13. The second kappa shape index (κ2) is 3.38. The van der Waals surface area contributed by atoms with Crippen LogP contribution in [0.15, 0.2) is 4.99 Å². The number of rotatable bonds is 2. The number of aliphatic imine (C=N–C) groups is 1. The van der Waals surface area contributed by atoms with Gasteiger partial charge < -0.3 is 5.41 Å². The molecule has 0 fully saturated rings. The maximum atomic E-state index is 7.42. The molecule has 0 saturated carbocycles. The first kappa shape index (κ1) is 8.34. The van der Waals surface area contributed by atoms with Gasteiger partial charge in [-0.1, -0.05) is 13.8 Å². The highest BCUT2D eigenvalue weighted by molar-refractivity contribution is 6.40. The molecule has 0 radical (unpaired) electrons. The van der Waals surface area contributed by atoms with Gasteiger partial charge in [0.2, 0.25) is 0 Å². The van der Waals surface area contributed by atoms with Crippen LogP contribution >= 0.6 is 0 Å². The maximum absolute atomic E-state index is 7.42. The number of hydrogen-bond acceptors (Lipinski definition) is 2. The minimum Gasteiger partial charge on any atom is -0.303 e. The van der Waals surface area contributed by atoms with E-state index >= 15 is 0 Å². The Morgan fingerprint density at radius 3 is 2.00 bits per heavy atom. The van der Waals surface area contributed by atoms with Crippen LogP contribution in [0.4, 0.5) is 0 Å². The molecule has 0 amide bonds. The summed E-state index contributed by atoms with van der Waals surface area (Å²) in [6.07, 6.45) is 0. The summed E-state index contributed by atoms with van der Waals surface area (Å²) in [5, 5.41) is 7.42. The molecule has 52 valence electrons. The van der Waals surface area contributed by atoms with E-state index in [1.165, 1.54) is 0 Å².